The van der Waals surface area contributed by atoms with Gasteiger partial charge < -0.3 is 24.8 Å². The van der Waals surface area contributed by atoms with Gasteiger partial charge in [-0.2, -0.15) is 4.79 Å². The smallest absolute Gasteiger partial charge is 0.490 e. The highest BCUT2D eigenvalue weighted by atomic mass is 32.1. The van der Waals surface area contributed by atoms with Crippen LogP contribution >= 0.6 is 11.3 Å². The maximum atomic E-state index is 13.1. The van der Waals surface area contributed by atoms with Crippen molar-refractivity contribution >= 4 is 40.1 Å². The quantitative estimate of drug-likeness (QED) is 0.438. The average Bonchev–Trinajstić information content (AvgIpc) is 3.39. The largest absolute Gasteiger partial charge is 0.547 e. The Kier molecular flexibility index (Phi) is 7.40. The van der Waals surface area contributed by atoms with Crippen molar-refractivity contribution < 1.29 is 29.0 Å². The predicted molar refractivity (Wildman–Crippen MR) is 141 cm³/mol. The molecular weight excluding hydrogens is 496 g/mol. The lowest BCUT2D eigenvalue weighted by Gasteiger charge is -2.29. The van der Waals surface area contributed by atoms with Crippen LogP contribution in [0.1, 0.15) is 66.1 Å². The van der Waals surface area contributed by atoms with Gasteiger partial charge in [0.1, 0.15) is 28.9 Å². The van der Waals surface area contributed by atoms with E-state index in [4.69, 9.17) is 9.47 Å². The zero-order valence-electron chi connectivity index (χ0n) is 21.7. The van der Waals surface area contributed by atoms with E-state index in [1.54, 1.807) is 52.0 Å². The van der Waals surface area contributed by atoms with Crippen LogP contribution in [-0.4, -0.2) is 72.2 Å². The van der Waals surface area contributed by atoms with E-state index in [-0.39, 0.29) is 23.4 Å². The monoisotopic (exact) mass is 529 g/mol. The molecule has 1 saturated heterocycles. The number of likely N-dealkylation sites (tertiary alicyclic amines) is 1. The highest BCUT2D eigenvalue weighted by Gasteiger charge is 2.50. The maximum Gasteiger partial charge on any atom is 0.547 e. The number of carbonyl (C=O) groups is 3. The molecule has 1 atom stereocenters. The molecule has 1 aromatic carbocycles. The Morgan fingerprint density at radius 1 is 1.19 bits per heavy atom. The zero-order chi connectivity index (χ0) is 27.0. The fourth-order valence-corrected chi connectivity index (χ4v) is 5.43. The van der Waals surface area contributed by atoms with Crippen LogP contribution in [0.25, 0.3) is 0 Å². The lowest BCUT2D eigenvalue weighted by Crippen LogP contribution is -2.47. The lowest BCUT2D eigenvalue weighted by molar-refractivity contribution is 0.00749. The van der Waals surface area contributed by atoms with Crippen molar-refractivity contribution in [2.45, 2.75) is 52.2 Å². The van der Waals surface area contributed by atoms with Crippen LogP contribution < -0.4 is 14.6 Å². The van der Waals surface area contributed by atoms with Gasteiger partial charge in [0.05, 0.1) is 5.56 Å². The first kappa shape index (κ1) is 26.8. The molecule has 2 N–H and O–H groups in total. The van der Waals surface area contributed by atoms with Crippen LogP contribution in [0.15, 0.2) is 35.4 Å². The van der Waals surface area contributed by atoms with Crippen molar-refractivity contribution in [3.8, 4) is 5.75 Å². The number of piperidine rings is 1. The van der Waals surface area contributed by atoms with E-state index in [0.717, 1.165) is 37.3 Å². The van der Waals surface area contributed by atoms with Gasteiger partial charge >= 0.3 is 12.1 Å². The SMILES string of the molecule is CC[N+]1(C(=O)O)N=C(NC(=O)c2ccc(OC3CCN(C)CC3)cc2)c2cc(C(=O)OC(C)(C)C)sc21. The number of hydrogen-bond acceptors (Lipinski definition) is 8. The second-order valence-corrected chi connectivity index (χ2v) is 11.3. The summed E-state index contributed by atoms with van der Waals surface area (Å²) >= 11 is 1.01. The number of nitrogens with zero attached hydrogens (tertiary/aromatic N) is 3. The Hall–Kier alpha value is -3.28. The summed E-state index contributed by atoms with van der Waals surface area (Å²) in [7, 11) is 2.09. The van der Waals surface area contributed by atoms with E-state index in [0.29, 0.717) is 21.9 Å². The Morgan fingerprint density at radius 3 is 2.41 bits per heavy atom. The molecule has 0 aliphatic carbocycles. The summed E-state index contributed by atoms with van der Waals surface area (Å²) in [6, 6.07) is 8.36. The van der Waals surface area contributed by atoms with Gasteiger partial charge in [-0.1, -0.05) is 15.9 Å². The third-order valence-corrected chi connectivity index (χ3v) is 7.48. The van der Waals surface area contributed by atoms with Crippen molar-refractivity contribution in [2.75, 3.05) is 26.7 Å². The summed E-state index contributed by atoms with van der Waals surface area (Å²) in [6.07, 6.45) is 0.846. The second kappa shape index (κ2) is 10.2. The van der Waals surface area contributed by atoms with Gasteiger partial charge in [0, 0.05) is 18.7 Å². The summed E-state index contributed by atoms with van der Waals surface area (Å²) < 4.78 is 10.7. The first-order valence-corrected chi connectivity index (χ1v) is 13.1. The van der Waals surface area contributed by atoms with E-state index >= 15 is 0 Å². The number of hydrogen-bond donors (Lipinski definition) is 2. The number of quaternary nitrogens is 1. The number of esters is 1. The molecule has 11 heteroatoms. The summed E-state index contributed by atoms with van der Waals surface area (Å²) in [5.41, 5.74) is 0.0636. The molecule has 0 bridgehead atoms. The number of carboxylic acid groups (broad SMARTS) is 1. The van der Waals surface area contributed by atoms with E-state index in [9.17, 15) is 19.5 Å². The number of fused-ring (bicyclic) bond motifs is 1. The van der Waals surface area contributed by atoms with Gasteiger partial charge in [-0.3, -0.25) is 4.79 Å². The minimum atomic E-state index is -1.21. The molecule has 4 rings (SSSR count). The number of nitrogens with one attached hydrogen (secondary N) is 1. The molecule has 1 unspecified atom stereocenters. The van der Waals surface area contributed by atoms with Gasteiger partial charge in [0.15, 0.2) is 0 Å². The molecule has 198 valence electrons. The molecule has 3 heterocycles. The third kappa shape index (κ3) is 5.68. The number of carbonyl (C=O) groups excluding carboxylic acids is 2. The van der Waals surface area contributed by atoms with E-state index in [1.807, 2.05) is 0 Å². The van der Waals surface area contributed by atoms with Gasteiger partial charge in [-0.25, -0.2) is 4.79 Å². The lowest BCUT2D eigenvalue weighted by atomic mass is 10.1. The van der Waals surface area contributed by atoms with Crippen molar-refractivity contribution in [1.29, 1.82) is 0 Å². The highest BCUT2D eigenvalue weighted by molar-refractivity contribution is 7.18. The van der Waals surface area contributed by atoms with Crippen LogP contribution in [0.4, 0.5) is 9.80 Å². The van der Waals surface area contributed by atoms with Crippen molar-refractivity contribution in [2.24, 2.45) is 5.10 Å². The molecule has 2 aliphatic heterocycles. The van der Waals surface area contributed by atoms with Crippen LogP contribution in [-0.2, 0) is 4.74 Å². The van der Waals surface area contributed by atoms with Crippen molar-refractivity contribution in [1.82, 2.24) is 14.8 Å². The number of benzene rings is 1. The summed E-state index contributed by atoms with van der Waals surface area (Å²) in [5.74, 6) is -0.208. The number of ether oxygens (including phenoxy) is 2. The Morgan fingerprint density at radius 2 is 1.84 bits per heavy atom. The fraction of sp³-hybridized carbons (Fsp3) is 0.462. The maximum absolute atomic E-state index is 13.1. The van der Waals surface area contributed by atoms with Crippen LogP contribution in [0.2, 0.25) is 0 Å². The van der Waals surface area contributed by atoms with Crippen molar-refractivity contribution in [3.63, 3.8) is 0 Å². The highest BCUT2D eigenvalue weighted by Crippen LogP contribution is 2.42. The summed E-state index contributed by atoms with van der Waals surface area (Å²) in [4.78, 5) is 40.5. The van der Waals surface area contributed by atoms with Crippen LogP contribution in [0.3, 0.4) is 0 Å². The topological polar surface area (TPSA) is 118 Å². The molecule has 2 aromatic rings. The molecule has 2 aliphatic rings. The average molecular weight is 530 g/mol. The molecule has 0 saturated carbocycles. The third-order valence-electron chi connectivity index (χ3n) is 6.27. The van der Waals surface area contributed by atoms with Gasteiger partial charge in [0.2, 0.25) is 10.8 Å². The second-order valence-electron chi connectivity index (χ2n) is 10.2. The van der Waals surface area contributed by atoms with Crippen molar-refractivity contribution in [3.05, 3.63) is 46.3 Å². The van der Waals surface area contributed by atoms with E-state index in [2.05, 4.69) is 22.4 Å². The molecule has 0 spiro atoms. The number of amidine groups is 1. The number of amides is 2. The summed E-state index contributed by atoms with van der Waals surface area (Å²) in [5, 5.41) is 17.5. The molecule has 2 amide bonds. The van der Waals surface area contributed by atoms with Gasteiger partial charge in [-0.05, 0) is 83.0 Å². The number of rotatable bonds is 5. The Balaban J connectivity index is 1.53. The molecular formula is C26H33N4O6S+. The Labute approximate surface area is 220 Å². The molecule has 10 nitrogen and oxygen atoms in total. The summed E-state index contributed by atoms with van der Waals surface area (Å²) in [6.45, 7) is 9.03. The predicted octanol–water partition coefficient (Wildman–Crippen LogP) is 4.29. The minimum Gasteiger partial charge on any atom is -0.490 e. The Bertz CT molecular complexity index is 1220. The number of thiophene rings is 1. The fourth-order valence-electron chi connectivity index (χ4n) is 4.26. The van der Waals surface area contributed by atoms with Gasteiger partial charge in [-0.15, -0.1) is 0 Å². The van der Waals surface area contributed by atoms with E-state index in [1.165, 1.54) is 6.07 Å². The first-order valence-electron chi connectivity index (χ1n) is 12.3. The van der Waals surface area contributed by atoms with Gasteiger partial charge in [0.25, 0.3) is 5.91 Å². The first-order chi connectivity index (χ1) is 17.4. The molecule has 37 heavy (non-hydrogen) atoms. The van der Waals surface area contributed by atoms with Crippen LogP contribution in [0.5, 0.6) is 5.75 Å². The molecule has 1 aromatic heterocycles. The molecule has 0 radical (unpaired) electrons. The standard InChI is InChI=1S/C26H32N4O6S/c1-6-30(25(33)34)23-19(15-20(37-23)24(32)36-26(2,3)4)21(28-30)27-22(31)16-7-9-17(10-8-16)35-18-11-13-29(5)14-12-18/h7-10,15,18H,6,11-14H2,1-5H3,(H-,27,28,31,33,34)/p+1. The minimum absolute atomic E-state index is 0.0962. The zero-order valence-corrected chi connectivity index (χ0v) is 22.6. The normalized spacial score (nSPS) is 20.2. The van der Waals surface area contributed by atoms with Crippen LogP contribution in [0, 0.1) is 0 Å². The van der Waals surface area contributed by atoms with E-state index < -0.39 is 28.2 Å². The molecule has 1 fully saturated rings.